The molecule has 3 heteroatoms. The van der Waals surface area contributed by atoms with Crippen LogP contribution in [0.25, 0.3) is 0 Å². The van der Waals surface area contributed by atoms with E-state index >= 15 is 0 Å². The molecule has 0 amide bonds. The molecular weight excluding hydrogens is 306 g/mol. The minimum absolute atomic E-state index is 0.0651. The number of aromatic nitrogens is 1. The maximum Gasteiger partial charge on any atom is 0.0430 e. The molecule has 3 nitrogen and oxygen atoms in total. The first kappa shape index (κ1) is 17.9. The fourth-order valence-corrected chi connectivity index (χ4v) is 3.94. The average molecular weight is 338 g/mol. The molecule has 0 unspecified atom stereocenters. The van der Waals surface area contributed by atoms with Gasteiger partial charge in [-0.1, -0.05) is 26.8 Å². The van der Waals surface area contributed by atoms with Crippen molar-refractivity contribution >= 4 is 5.69 Å². The van der Waals surface area contributed by atoms with Gasteiger partial charge in [-0.3, -0.25) is 4.98 Å². The maximum atomic E-state index is 6.28. The normalized spacial score (nSPS) is 17.3. The van der Waals surface area contributed by atoms with Gasteiger partial charge in [-0.15, -0.1) is 0 Å². The van der Waals surface area contributed by atoms with Crippen molar-refractivity contribution < 1.29 is 0 Å². The Balaban J connectivity index is 2.06. The minimum atomic E-state index is 0.0651. The molecule has 0 bridgehead atoms. The van der Waals surface area contributed by atoms with Crippen LogP contribution in [-0.2, 0) is 18.4 Å². The number of anilines is 1. The van der Waals surface area contributed by atoms with Crippen LogP contribution in [0.1, 0.15) is 68.1 Å². The van der Waals surface area contributed by atoms with Gasteiger partial charge in [0.2, 0.25) is 0 Å². The predicted molar refractivity (Wildman–Crippen MR) is 106 cm³/mol. The average Bonchev–Trinajstić information content (AvgIpc) is 2.56. The molecular formula is C22H31N3. The topological polar surface area (TPSA) is 42.1 Å². The zero-order valence-corrected chi connectivity index (χ0v) is 16.3. The van der Waals surface area contributed by atoms with Gasteiger partial charge in [0.15, 0.2) is 0 Å². The molecule has 25 heavy (non-hydrogen) atoms. The number of nitrogens with two attached hydrogens (primary N) is 1. The molecule has 0 aliphatic carbocycles. The van der Waals surface area contributed by atoms with Crippen LogP contribution in [0.4, 0.5) is 5.69 Å². The van der Waals surface area contributed by atoms with Gasteiger partial charge in [0, 0.05) is 36.7 Å². The molecule has 0 saturated carbocycles. The van der Waals surface area contributed by atoms with Crippen LogP contribution >= 0.6 is 0 Å². The molecule has 0 saturated heterocycles. The second kappa shape index (κ2) is 6.80. The summed E-state index contributed by atoms with van der Waals surface area (Å²) in [7, 11) is 0. The van der Waals surface area contributed by atoms with Crippen molar-refractivity contribution in [1.82, 2.24) is 4.98 Å². The summed E-state index contributed by atoms with van der Waals surface area (Å²) in [6.07, 6.45) is 4.11. The lowest BCUT2D eigenvalue weighted by molar-refractivity contribution is 0.451. The van der Waals surface area contributed by atoms with E-state index in [4.69, 9.17) is 5.73 Å². The highest BCUT2D eigenvalue weighted by Gasteiger charge is 2.32. The molecule has 1 aliphatic heterocycles. The molecule has 3 rings (SSSR count). The number of pyridine rings is 1. The van der Waals surface area contributed by atoms with Crippen molar-refractivity contribution in [2.24, 2.45) is 5.73 Å². The number of hydrogen-bond acceptors (Lipinski definition) is 3. The number of benzene rings is 1. The van der Waals surface area contributed by atoms with E-state index in [1.165, 1.54) is 34.4 Å². The van der Waals surface area contributed by atoms with Crippen LogP contribution in [0.2, 0.25) is 0 Å². The van der Waals surface area contributed by atoms with Crippen LogP contribution in [0.3, 0.4) is 0 Å². The summed E-state index contributed by atoms with van der Waals surface area (Å²) in [5, 5.41) is 0. The highest BCUT2D eigenvalue weighted by atomic mass is 15.1. The lowest BCUT2D eigenvalue weighted by Gasteiger charge is -2.41. The van der Waals surface area contributed by atoms with Crippen LogP contribution < -0.4 is 10.6 Å². The monoisotopic (exact) mass is 337 g/mol. The summed E-state index contributed by atoms with van der Waals surface area (Å²) in [4.78, 5) is 6.84. The van der Waals surface area contributed by atoms with Gasteiger partial charge in [-0.05, 0) is 72.6 Å². The summed E-state index contributed by atoms with van der Waals surface area (Å²) in [5.74, 6) is 0. The zero-order valence-electron chi connectivity index (χ0n) is 16.3. The number of rotatable bonds is 4. The van der Waals surface area contributed by atoms with Gasteiger partial charge in [0.25, 0.3) is 0 Å². The molecule has 0 spiro atoms. The number of hydrogen-bond donors (Lipinski definition) is 1. The highest BCUT2D eigenvalue weighted by molar-refractivity contribution is 5.63. The number of nitrogens with zero attached hydrogens (tertiary/aromatic N) is 2. The van der Waals surface area contributed by atoms with Gasteiger partial charge in [0.05, 0.1) is 0 Å². The van der Waals surface area contributed by atoms with Crippen LogP contribution in [0, 0.1) is 6.92 Å². The largest absolute Gasteiger partial charge is 0.367 e. The van der Waals surface area contributed by atoms with Crippen molar-refractivity contribution in [3.05, 3.63) is 58.4 Å². The zero-order chi connectivity index (χ0) is 18.2. The molecule has 1 aliphatic rings. The predicted octanol–water partition coefficient (Wildman–Crippen LogP) is 4.66. The fourth-order valence-electron chi connectivity index (χ4n) is 3.94. The van der Waals surface area contributed by atoms with Crippen molar-refractivity contribution in [2.45, 2.75) is 65.5 Å². The van der Waals surface area contributed by atoms with E-state index in [0.29, 0.717) is 0 Å². The Bertz CT molecular complexity index is 762. The molecule has 2 N–H and O–H groups in total. The third kappa shape index (κ3) is 3.57. The second-order valence-corrected chi connectivity index (χ2v) is 8.07. The summed E-state index contributed by atoms with van der Waals surface area (Å²) in [6, 6.07) is 9.15. The van der Waals surface area contributed by atoms with E-state index in [1.54, 1.807) is 0 Å². The first-order valence-corrected chi connectivity index (χ1v) is 9.41. The fraction of sp³-hybridized carbons (Fsp3) is 0.500. The van der Waals surface area contributed by atoms with Crippen molar-refractivity contribution in [2.75, 3.05) is 11.4 Å². The van der Waals surface area contributed by atoms with E-state index < -0.39 is 0 Å². The molecule has 0 radical (unpaired) electrons. The van der Waals surface area contributed by atoms with Gasteiger partial charge in [-0.2, -0.15) is 0 Å². The molecule has 1 aromatic heterocycles. The van der Waals surface area contributed by atoms with E-state index in [0.717, 1.165) is 25.2 Å². The van der Waals surface area contributed by atoms with Crippen LogP contribution in [-0.4, -0.2) is 11.5 Å². The Morgan fingerprint density at radius 1 is 1.28 bits per heavy atom. The lowest BCUT2D eigenvalue weighted by Crippen LogP contribution is -2.37. The smallest absolute Gasteiger partial charge is 0.0430 e. The quantitative estimate of drug-likeness (QED) is 0.882. The summed E-state index contributed by atoms with van der Waals surface area (Å²) in [5.41, 5.74) is 14.4. The molecule has 2 heterocycles. The Morgan fingerprint density at radius 3 is 2.68 bits per heavy atom. The Hall–Kier alpha value is -1.87. The van der Waals surface area contributed by atoms with Gasteiger partial charge >= 0.3 is 0 Å². The van der Waals surface area contributed by atoms with Crippen LogP contribution in [0.15, 0.2) is 30.5 Å². The standard InChI is InChI=1S/C22H31N3/c1-6-18-12-20-21(13-19(18)16(3)23)25(10-8-22(20,4)5)14-17-7-9-24-15(2)11-17/h7,9,11-13,16H,6,8,10,14,23H2,1-5H3/t16-/m0/s1. The first-order chi connectivity index (χ1) is 11.8. The number of aryl methyl sites for hydroxylation is 2. The molecule has 2 aromatic rings. The molecule has 1 aromatic carbocycles. The third-order valence-electron chi connectivity index (χ3n) is 5.54. The van der Waals surface area contributed by atoms with E-state index in [9.17, 15) is 0 Å². The Morgan fingerprint density at radius 2 is 2.04 bits per heavy atom. The minimum Gasteiger partial charge on any atom is -0.367 e. The molecule has 1 atom stereocenters. The number of fused-ring (bicyclic) bond motifs is 1. The van der Waals surface area contributed by atoms with Crippen LogP contribution in [0.5, 0.6) is 0 Å². The van der Waals surface area contributed by atoms with E-state index in [2.05, 4.69) is 68.8 Å². The molecule has 134 valence electrons. The van der Waals surface area contributed by atoms with E-state index in [-0.39, 0.29) is 11.5 Å². The van der Waals surface area contributed by atoms with Crippen molar-refractivity contribution in [1.29, 1.82) is 0 Å². The van der Waals surface area contributed by atoms with E-state index in [1.807, 2.05) is 6.20 Å². The Labute approximate surface area is 152 Å². The summed E-state index contributed by atoms with van der Waals surface area (Å²) in [6.45, 7) is 13.1. The SMILES string of the molecule is CCc1cc2c(cc1[C@H](C)N)N(Cc1ccnc(C)c1)CCC2(C)C. The van der Waals surface area contributed by atoms with Gasteiger partial charge in [-0.25, -0.2) is 0 Å². The molecule has 0 fully saturated rings. The van der Waals surface area contributed by atoms with Crippen molar-refractivity contribution in [3.8, 4) is 0 Å². The van der Waals surface area contributed by atoms with Crippen molar-refractivity contribution in [3.63, 3.8) is 0 Å². The lowest BCUT2D eigenvalue weighted by atomic mass is 9.75. The summed E-state index contributed by atoms with van der Waals surface area (Å²) >= 11 is 0. The van der Waals surface area contributed by atoms with Gasteiger partial charge < -0.3 is 10.6 Å². The maximum absolute atomic E-state index is 6.28. The third-order valence-corrected chi connectivity index (χ3v) is 5.54. The highest BCUT2D eigenvalue weighted by Crippen LogP contribution is 2.42. The Kier molecular flexibility index (Phi) is 4.88. The summed E-state index contributed by atoms with van der Waals surface area (Å²) < 4.78 is 0. The first-order valence-electron chi connectivity index (χ1n) is 9.41. The van der Waals surface area contributed by atoms with Gasteiger partial charge in [0.1, 0.15) is 0 Å². The second-order valence-electron chi connectivity index (χ2n) is 8.07.